The fraction of sp³-hybridized carbons (Fsp3) is 0.167. The molecule has 0 unspecified atom stereocenters. The predicted octanol–water partition coefficient (Wildman–Crippen LogP) is 3.52. The number of hydrogen-bond donors (Lipinski definition) is 1. The maximum Gasteiger partial charge on any atom is 0.315 e. The molecule has 0 saturated carbocycles. The minimum absolute atomic E-state index is 0.0292. The van der Waals surface area contributed by atoms with Crippen molar-refractivity contribution in [3.05, 3.63) is 68.8 Å². The van der Waals surface area contributed by atoms with E-state index in [1.54, 1.807) is 25.1 Å². The number of ether oxygens (including phenoxy) is 1. The minimum Gasteiger partial charge on any atom is -0.500 e. The molecule has 0 atom stereocenters. The Labute approximate surface area is 138 Å². The number of phenols is 1. The van der Waals surface area contributed by atoms with Crippen molar-refractivity contribution in [1.29, 1.82) is 0 Å². The standard InChI is InChI=1S/C18H15NO5/c1-2-24-16-9-11(8-15(18(16)21)19(22)23)7-13-10-12-5-3-4-6-14(12)17(13)20/h3-9,21H,2,10H2,1H3/b13-7+. The summed E-state index contributed by atoms with van der Waals surface area (Å²) in [4.78, 5) is 22.9. The van der Waals surface area contributed by atoms with Crippen LogP contribution < -0.4 is 4.74 Å². The Morgan fingerprint density at radius 3 is 2.75 bits per heavy atom. The zero-order valence-electron chi connectivity index (χ0n) is 13.0. The first-order valence-corrected chi connectivity index (χ1v) is 7.48. The molecule has 0 aromatic heterocycles. The lowest BCUT2D eigenvalue weighted by atomic mass is 10.1. The molecule has 0 radical (unpaired) electrons. The summed E-state index contributed by atoms with van der Waals surface area (Å²) in [6.07, 6.45) is 2.09. The molecule has 1 N–H and O–H groups in total. The zero-order valence-corrected chi connectivity index (χ0v) is 13.0. The normalized spacial score (nSPS) is 14.7. The molecule has 6 heteroatoms. The number of nitro groups is 1. The van der Waals surface area contributed by atoms with E-state index in [0.29, 0.717) is 23.1 Å². The lowest BCUT2D eigenvalue weighted by Gasteiger charge is -2.07. The Morgan fingerprint density at radius 1 is 1.33 bits per heavy atom. The highest BCUT2D eigenvalue weighted by atomic mass is 16.6. The third-order valence-corrected chi connectivity index (χ3v) is 3.85. The third-order valence-electron chi connectivity index (χ3n) is 3.85. The predicted molar refractivity (Wildman–Crippen MR) is 88.4 cm³/mol. The van der Waals surface area contributed by atoms with Gasteiger partial charge in [-0.1, -0.05) is 24.3 Å². The maximum atomic E-state index is 12.4. The molecule has 3 rings (SSSR count). The zero-order chi connectivity index (χ0) is 17.3. The van der Waals surface area contributed by atoms with E-state index < -0.39 is 16.4 Å². The van der Waals surface area contributed by atoms with Crippen LogP contribution in [0, 0.1) is 10.1 Å². The van der Waals surface area contributed by atoms with Crippen molar-refractivity contribution in [3.63, 3.8) is 0 Å². The van der Waals surface area contributed by atoms with Crippen LogP contribution in [0.3, 0.4) is 0 Å². The van der Waals surface area contributed by atoms with Crippen LogP contribution in [0.2, 0.25) is 0 Å². The molecule has 122 valence electrons. The van der Waals surface area contributed by atoms with Gasteiger partial charge in [0.25, 0.3) is 0 Å². The van der Waals surface area contributed by atoms with Gasteiger partial charge in [-0.25, -0.2) is 0 Å². The number of carbonyl (C=O) groups excluding carboxylic acids is 1. The highest BCUT2D eigenvalue weighted by molar-refractivity contribution is 6.15. The fourth-order valence-electron chi connectivity index (χ4n) is 2.77. The molecule has 2 aromatic carbocycles. The molecule has 2 aromatic rings. The fourth-order valence-corrected chi connectivity index (χ4v) is 2.77. The highest BCUT2D eigenvalue weighted by Gasteiger charge is 2.25. The monoisotopic (exact) mass is 325 g/mol. The second-order valence-corrected chi connectivity index (χ2v) is 5.41. The number of Topliss-reactive ketones (excluding diaryl/α,β-unsaturated/α-hetero) is 1. The average molecular weight is 325 g/mol. The van der Waals surface area contributed by atoms with Crippen LogP contribution in [0.5, 0.6) is 11.5 Å². The molecule has 0 bridgehead atoms. The number of rotatable bonds is 4. The van der Waals surface area contributed by atoms with E-state index in [1.165, 1.54) is 12.1 Å². The first-order chi connectivity index (χ1) is 11.5. The van der Waals surface area contributed by atoms with Gasteiger partial charge in [-0.3, -0.25) is 14.9 Å². The second kappa shape index (κ2) is 6.16. The van der Waals surface area contributed by atoms with E-state index in [0.717, 1.165) is 5.56 Å². The van der Waals surface area contributed by atoms with Crippen LogP contribution in [-0.4, -0.2) is 22.4 Å². The van der Waals surface area contributed by atoms with Crippen LogP contribution >= 0.6 is 0 Å². The SMILES string of the molecule is CCOc1cc(/C=C2\Cc3ccccc3C2=O)cc([N+](=O)[O-])c1O. The van der Waals surface area contributed by atoms with Gasteiger partial charge in [0.2, 0.25) is 5.75 Å². The van der Waals surface area contributed by atoms with Crippen LogP contribution in [0.25, 0.3) is 6.08 Å². The highest BCUT2D eigenvalue weighted by Crippen LogP contribution is 2.38. The molecule has 0 saturated heterocycles. The average Bonchev–Trinajstić information content (AvgIpc) is 2.87. The number of nitrogens with zero attached hydrogens (tertiary/aromatic N) is 1. The molecular weight excluding hydrogens is 310 g/mol. The van der Waals surface area contributed by atoms with Crippen molar-refractivity contribution in [3.8, 4) is 11.5 Å². The number of carbonyl (C=O) groups is 1. The van der Waals surface area contributed by atoms with Crippen molar-refractivity contribution < 1.29 is 19.6 Å². The molecule has 1 aliphatic carbocycles. The molecule has 0 fully saturated rings. The third kappa shape index (κ3) is 2.74. The van der Waals surface area contributed by atoms with Crippen molar-refractivity contribution in [1.82, 2.24) is 0 Å². The van der Waals surface area contributed by atoms with Crippen LogP contribution in [-0.2, 0) is 6.42 Å². The lowest BCUT2D eigenvalue weighted by molar-refractivity contribution is -0.386. The number of ketones is 1. The summed E-state index contributed by atoms with van der Waals surface area (Å²) in [7, 11) is 0. The van der Waals surface area contributed by atoms with Gasteiger partial charge < -0.3 is 9.84 Å². The van der Waals surface area contributed by atoms with E-state index in [-0.39, 0.29) is 18.1 Å². The van der Waals surface area contributed by atoms with Crippen molar-refractivity contribution in [2.75, 3.05) is 6.61 Å². The molecule has 0 heterocycles. The van der Waals surface area contributed by atoms with Gasteiger partial charge in [0.05, 0.1) is 11.5 Å². The Morgan fingerprint density at radius 2 is 2.08 bits per heavy atom. The van der Waals surface area contributed by atoms with E-state index >= 15 is 0 Å². The largest absolute Gasteiger partial charge is 0.500 e. The molecule has 0 amide bonds. The summed E-state index contributed by atoms with van der Waals surface area (Å²) in [5, 5.41) is 21.0. The molecular formula is C18H15NO5. The summed E-state index contributed by atoms with van der Waals surface area (Å²) in [5.41, 5.74) is 2.14. The van der Waals surface area contributed by atoms with Crippen LogP contribution in [0.1, 0.15) is 28.4 Å². The van der Waals surface area contributed by atoms with Crippen LogP contribution in [0.4, 0.5) is 5.69 Å². The van der Waals surface area contributed by atoms with Gasteiger partial charge in [-0.05, 0) is 30.2 Å². The van der Waals surface area contributed by atoms with Gasteiger partial charge in [0.1, 0.15) is 0 Å². The summed E-state index contributed by atoms with van der Waals surface area (Å²) < 4.78 is 5.25. The number of hydrogen-bond acceptors (Lipinski definition) is 5. The van der Waals surface area contributed by atoms with Crippen molar-refractivity contribution >= 4 is 17.5 Å². The van der Waals surface area contributed by atoms with E-state index in [9.17, 15) is 20.0 Å². The van der Waals surface area contributed by atoms with Gasteiger partial charge in [0, 0.05) is 23.6 Å². The number of aromatic hydroxyl groups is 1. The maximum absolute atomic E-state index is 12.4. The Balaban J connectivity index is 2.05. The first kappa shape index (κ1) is 15.7. The number of fused-ring (bicyclic) bond motifs is 1. The topological polar surface area (TPSA) is 89.7 Å². The quantitative estimate of drug-likeness (QED) is 0.528. The van der Waals surface area contributed by atoms with Gasteiger partial charge >= 0.3 is 5.69 Å². The summed E-state index contributed by atoms with van der Waals surface area (Å²) in [5.74, 6) is -0.564. The Bertz CT molecular complexity index is 870. The van der Waals surface area contributed by atoms with E-state index in [4.69, 9.17) is 4.74 Å². The Kier molecular flexibility index (Phi) is 4.04. The molecule has 0 spiro atoms. The molecule has 1 aliphatic rings. The molecule has 0 aliphatic heterocycles. The summed E-state index contributed by atoms with van der Waals surface area (Å²) in [6.45, 7) is 1.97. The minimum atomic E-state index is -0.676. The smallest absolute Gasteiger partial charge is 0.315 e. The number of phenolic OH excluding ortho intramolecular Hbond substituents is 1. The van der Waals surface area contributed by atoms with Gasteiger partial charge in [-0.2, -0.15) is 0 Å². The number of benzene rings is 2. The first-order valence-electron chi connectivity index (χ1n) is 7.48. The van der Waals surface area contributed by atoms with E-state index in [2.05, 4.69) is 0 Å². The number of allylic oxidation sites excluding steroid dienone is 1. The van der Waals surface area contributed by atoms with Crippen LogP contribution in [0.15, 0.2) is 42.0 Å². The second-order valence-electron chi connectivity index (χ2n) is 5.41. The van der Waals surface area contributed by atoms with Gasteiger partial charge in [0.15, 0.2) is 11.5 Å². The van der Waals surface area contributed by atoms with Gasteiger partial charge in [-0.15, -0.1) is 0 Å². The Hall–Kier alpha value is -3.15. The molecule has 24 heavy (non-hydrogen) atoms. The van der Waals surface area contributed by atoms with E-state index in [1.807, 2.05) is 12.1 Å². The number of nitro benzene ring substituents is 1. The molecule has 6 nitrogen and oxygen atoms in total. The summed E-state index contributed by atoms with van der Waals surface area (Å²) >= 11 is 0. The summed E-state index contributed by atoms with van der Waals surface area (Å²) in [6, 6.07) is 10.1. The van der Waals surface area contributed by atoms with Crippen molar-refractivity contribution in [2.24, 2.45) is 0 Å². The lowest BCUT2D eigenvalue weighted by Crippen LogP contribution is -1.98. The van der Waals surface area contributed by atoms with Crippen molar-refractivity contribution in [2.45, 2.75) is 13.3 Å².